The summed E-state index contributed by atoms with van der Waals surface area (Å²) in [6.45, 7) is 2.37. The monoisotopic (exact) mass is 449 g/mol. The van der Waals surface area contributed by atoms with Gasteiger partial charge in [-0.1, -0.05) is 17.4 Å². The first-order valence-electron chi connectivity index (χ1n) is 9.69. The van der Waals surface area contributed by atoms with Gasteiger partial charge >= 0.3 is 12.2 Å². The number of hydrogen-bond acceptors (Lipinski definition) is 8. The Morgan fingerprint density at radius 3 is 2.66 bits per heavy atom. The Balaban J connectivity index is 1.76. The SMILES string of the molecule is CCNC(=O)Nc1nc2cc(-c3ccc(OC(=O)OC)nc3)cc(-c3cccnc3)c2s1. The molecule has 0 aliphatic carbocycles. The van der Waals surface area contributed by atoms with Gasteiger partial charge in [0.1, 0.15) is 0 Å². The molecule has 0 fully saturated rings. The Hall–Kier alpha value is -4.05. The number of benzene rings is 1. The van der Waals surface area contributed by atoms with E-state index in [1.54, 1.807) is 30.7 Å². The second kappa shape index (κ2) is 9.40. The van der Waals surface area contributed by atoms with Gasteiger partial charge in [-0.3, -0.25) is 10.3 Å². The number of urea groups is 1. The van der Waals surface area contributed by atoms with Crippen LogP contribution in [0.5, 0.6) is 5.88 Å². The van der Waals surface area contributed by atoms with Crippen LogP contribution in [0.3, 0.4) is 0 Å². The standard InChI is InChI=1S/C22H19N5O4S/c1-3-24-20(28)27-21-26-17-10-15(13-6-7-18(25-12-13)31-22(29)30-2)9-16(19(17)32-21)14-5-4-8-23-11-14/h4-12H,3H2,1-2H3,(H2,24,26,27,28). The smallest absolute Gasteiger partial charge is 0.437 e. The maximum atomic E-state index is 11.9. The number of amides is 2. The van der Waals surface area contributed by atoms with Crippen LogP contribution >= 0.6 is 11.3 Å². The molecule has 9 nitrogen and oxygen atoms in total. The van der Waals surface area contributed by atoms with Crippen molar-refractivity contribution in [3.05, 3.63) is 55.0 Å². The van der Waals surface area contributed by atoms with Crippen LogP contribution in [-0.2, 0) is 4.74 Å². The van der Waals surface area contributed by atoms with Gasteiger partial charge < -0.3 is 14.8 Å². The molecule has 0 atom stereocenters. The average Bonchev–Trinajstić information content (AvgIpc) is 3.21. The molecule has 2 N–H and O–H groups in total. The van der Waals surface area contributed by atoms with Crippen molar-refractivity contribution in [3.63, 3.8) is 0 Å². The van der Waals surface area contributed by atoms with Gasteiger partial charge in [0.05, 0.1) is 17.3 Å². The van der Waals surface area contributed by atoms with E-state index in [-0.39, 0.29) is 11.9 Å². The number of ether oxygens (including phenoxy) is 2. The molecule has 0 spiro atoms. The molecule has 2 amide bonds. The van der Waals surface area contributed by atoms with Gasteiger partial charge in [-0.2, -0.15) is 0 Å². The quantitative estimate of drug-likeness (QED) is 0.424. The summed E-state index contributed by atoms with van der Waals surface area (Å²) < 4.78 is 10.3. The molecule has 32 heavy (non-hydrogen) atoms. The molecule has 3 aromatic heterocycles. The zero-order valence-electron chi connectivity index (χ0n) is 17.3. The molecular formula is C22H19N5O4S. The van der Waals surface area contributed by atoms with Crippen LogP contribution in [0.1, 0.15) is 6.92 Å². The number of nitrogens with zero attached hydrogens (tertiary/aromatic N) is 3. The maximum absolute atomic E-state index is 11.9. The number of rotatable bonds is 5. The van der Waals surface area contributed by atoms with Crippen molar-refractivity contribution in [1.82, 2.24) is 20.3 Å². The third kappa shape index (κ3) is 4.65. The lowest BCUT2D eigenvalue weighted by Crippen LogP contribution is -2.28. The van der Waals surface area contributed by atoms with Gasteiger partial charge in [0, 0.05) is 47.9 Å². The summed E-state index contributed by atoms with van der Waals surface area (Å²) in [5.41, 5.74) is 4.25. The van der Waals surface area contributed by atoms with Crippen LogP contribution in [0.15, 0.2) is 55.0 Å². The molecule has 4 aromatic rings. The Labute approximate surface area is 187 Å². The molecule has 0 saturated heterocycles. The average molecular weight is 449 g/mol. The minimum Gasteiger partial charge on any atom is -0.437 e. The predicted molar refractivity (Wildman–Crippen MR) is 122 cm³/mol. The second-order valence-corrected chi connectivity index (χ2v) is 7.56. The number of nitrogens with one attached hydrogen (secondary N) is 2. The first-order valence-corrected chi connectivity index (χ1v) is 10.5. The number of thiazole rings is 1. The van der Waals surface area contributed by atoms with Gasteiger partial charge in [0.15, 0.2) is 5.13 Å². The highest BCUT2D eigenvalue weighted by Gasteiger charge is 2.15. The van der Waals surface area contributed by atoms with E-state index in [0.717, 1.165) is 32.5 Å². The van der Waals surface area contributed by atoms with Gasteiger partial charge in [-0.25, -0.2) is 19.6 Å². The zero-order valence-corrected chi connectivity index (χ0v) is 18.1. The first kappa shape index (κ1) is 21.2. The van der Waals surface area contributed by atoms with E-state index >= 15 is 0 Å². The summed E-state index contributed by atoms with van der Waals surface area (Å²) in [5.74, 6) is 0.135. The van der Waals surface area contributed by atoms with E-state index in [2.05, 4.69) is 30.3 Å². The molecule has 0 aliphatic rings. The van der Waals surface area contributed by atoms with Crippen LogP contribution < -0.4 is 15.4 Å². The van der Waals surface area contributed by atoms with Crippen LogP contribution in [0.2, 0.25) is 0 Å². The molecule has 0 saturated carbocycles. The van der Waals surface area contributed by atoms with E-state index < -0.39 is 6.16 Å². The molecule has 0 aliphatic heterocycles. The number of carbonyl (C=O) groups is 2. The number of aromatic nitrogens is 3. The summed E-state index contributed by atoms with van der Waals surface area (Å²) in [7, 11) is 1.23. The Morgan fingerprint density at radius 2 is 1.97 bits per heavy atom. The second-order valence-electron chi connectivity index (χ2n) is 6.56. The highest BCUT2D eigenvalue weighted by atomic mass is 32.1. The fourth-order valence-corrected chi connectivity index (χ4v) is 4.01. The van der Waals surface area contributed by atoms with Crippen molar-refractivity contribution in [1.29, 1.82) is 0 Å². The van der Waals surface area contributed by atoms with E-state index in [1.165, 1.54) is 18.4 Å². The lowest BCUT2D eigenvalue weighted by Gasteiger charge is -2.08. The van der Waals surface area contributed by atoms with Gasteiger partial charge in [-0.15, -0.1) is 0 Å². The lowest BCUT2D eigenvalue weighted by molar-refractivity contribution is 0.119. The number of fused-ring (bicyclic) bond motifs is 1. The van der Waals surface area contributed by atoms with E-state index in [4.69, 9.17) is 4.74 Å². The fraction of sp³-hybridized carbons (Fsp3) is 0.136. The summed E-state index contributed by atoms with van der Waals surface area (Å²) in [6, 6.07) is 10.8. The minimum absolute atomic E-state index is 0.135. The third-order valence-electron chi connectivity index (χ3n) is 4.44. The van der Waals surface area contributed by atoms with Gasteiger partial charge in [0.25, 0.3) is 0 Å². The molecule has 4 rings (SSSR count). The maximum Gasteiger partial charge on any atom is 0.514 e. The fourth-order valence-electron chi connectivity index (χ4n) is 3.03. The summed E-state index contributed by atoms with van der Waals surface area (Å²) in [6.07, 6.45) is 4.26. The largest absolute Gasteiger partial charge is 0.514 e. The van der Waals surface area contributed by atoms with Crippen LogP contribution in [-0.4, -0.2) is 40.8 Å². The number of anilines is 1. The summed E-state index contributed by atoms with van der Waals surface area (Å²) >= 11 is 1.39. The zero-order chi connectivity index (χ0) is 22.5. The van der Waals surface area contributed by atoms with Crippen LogP contribution in [0.25, 0.3) is 32.5 Å². The van der Waals surface area contributed by atoms with Crippen molar-refractivity contribution in [2.24, 2.45) is 0 Å². The molecular weight excluding hydrogens is 430 g/mol. The van der Waals surface area contributed by atoms with Crippen LogP contribution in [0, 0.1) is 0 Å². The van der Waals surface area contributed by atoms with Gasteiger partial charge in [-0.05, 0) is 36.8 Å². The number of pyridine rings is 2. The Kier molecular flexibility index (Phi) is 6.22. The lowest BCUT2D eigenvalue weighted by atomic mass is 10.0. The van der Waals surface area contributed by atoms with Gasteiger partial charge in [0.2, 0.25) is 5.88 Å². The Morgan fingerprint density at radius 1 is 1.09 bits per heavy atom. The molecule has 1 aromatic carbocycles. The van der Waals surface area contributed by atoms with Crippen molar-refractivity contribution in [2.75, 3.05) is 19.0 Å². The first-order chi connectivity index (χ1) is 15.6. The highest BCUT2D eigenvalue weighted by Crippen LogP contribution is 2.38. The molecule has 10 heteroatoms. The van der Waals surface area contributed by atoms with E-state index in [9.17, 15) is 9.59 Å². The van der Waals surface area contributed by atoms with Crippen molar-refractivity contribution in [3.8, 4) is 28.1 Å². The highest BCUT2D eigenvalue weighted by molar-refractivity contribution is 7.22. The van der Waals surface area contributed by atoms with Crippen molar-refractivity contribution >= 4 is 38.9 Å². The summed E-state index contributed by atoms with van der Waals surface area (Å²) in [4.78, 5) is 36.2. The molecule has 0 unspecified atom stereocenters. The number of methoxy groups -OCH3 is 1. The van der Waals surface area contributed by atoms with E-state index in [0.29, 0.717) is 11.7 Å². The van der Waals surface area contributed by atoms with Crippen LogP contribution in [0.4, 0.5) is 14.7 Å². The van der Waals surface area contributed by atoms with Crippen molar-refractivity contribution in [2.45, 2.75) is 6.92 Å². The van der Waals surface area contributed by atoms with Crippen molar-refractivity contribution < 1.29 is 19.1 Å². The minimum atomic E-state index is -0.833. The third-order valence-corrected chi connectivity index (χ3v) is 5.46. The molecule has 0 radical (unpaired) electrons. The van der Waals surface area contributed by atoms with E-state index in [1.807, 2.05) is 31.2 Å². The summed E-state index contributed by atoms with van der Waals surface area (Å²) in [5, 5.41) is 5.96. The predicted octanol–water partition coefficient (Wildman–Crippen LogP) is 4.71. The normalized spacial score (nSPS) is 10.6. The number of hydrogen-bond donors (Lipinski definition) is 2. The molecule has 162 valence electrons. The topological polar surface area (TPSA) is 115 Å². The molecule has 0 bridgehead atoms. The number of carbonyl (C=O) groups excluding carboxylic acids is 2. The molecule has 3 heterocycles. The Bertz CT molecular complexity index is 1260.